The van der Waals surface area contributed by atoms with Crippen molar-refractivity contribution in [3.8, 4) is 17.2 Å². The van der Waals surface area contributed by atoms with E-state index in [2.05, 4.69) is 0 Å². The molecule has 0 aliphatic carbocycles. The lowest BCUT2D eigenvalue weighted by Crippen LogP contribution is -2.14. The smallest absolute Gasteiger partial charge is 0.392 e. The number of hydrogen-bond donors (Lipinski definition) is 1. The molecule has 1 aromatic rings. The van der Waals surface area contributed by atoms with Crippen LogP contribution in [-0.4, -0.2) is 26.1 Å². The summed E-state index contributed by atoms with van der Waals surface area (Å²) in [5, 5.41) is 0. The molecule has 106 valence electrons. The summed E-state index contributed by atoms with van der Waals surface area (Å²) >= 11 is 0. The molecule has 2 rings (SSSR count). The fourth-order valence-corrected chi connectivity index (χ4v) is 1.73. The van der Waals surface area contributed by atoms with E-state index in [4.69, 9.17) is 19.9 Å². The lowest BCUT2D eigenvalue weighted by Gasteiger charge is -2.13. The highest BCUT2D eigenvalue weighted by Gasteiger charge is 2.27. The average molecular weight is 277 g/mol. The first-order valence-corrected chi connectivity index (χ1v) is 5.82. The number of fused-ring (bicyclic) bond motifs is 1. The molecule has 0 radical (unpaired) electrons. The van der Waals surface area contributed by atoms with Gasteiger partial charge in [0.2, 0.25) is 6.79 Å². The largest absolute Gasteiger partial charge is 0.493 e. The number of halogens is 3. The minimum absolute atomic E-state index is 0.101. The monoisotopic (exact) mass is 277 g/mol. The second-order valence-corrected chi connectivity index (χ2v) is 4.07. The van der Waals surface area contributed by atoms with Crippen LogP contribution in [-0.2, 0) is 6.42 Å². The standard InChI is InChI=1S/C12H14F3NO3/c13-12(14,15)2-4-17-9-6-11-10(18-7-19-11)5-8(9)1-3-16/h5-6H,1-4,7,16H2. The van der Waals surface area contributed by atoms with Gasteiger partial charge in [0, 0.05) is 6.07 Å². The van der Waals surface area contributed by atoms with E-state index in [1.54, 1.807) is 12.1 Å². The van der Waals surface area contributed by atoms with Crippen LogP contribution in [0.15, 0.2) is 12.1 Å². The zero-order valence-electron chi connectivity index (χ0n) is 10.1. The molecule has 1 aliphatic heterocycles. The van der Waals surface area contributed by atoms with Crippen molar-refractivity contribution in [1.82, 2.24) is 0 Å². The maximum absolute atomic E-state index is 12.1. The lowest BCUT2D eigenvalue weighted by atomic mass is 10.1. The summed E-state index contributed by atoms with van der Waals surface area (Å²) in [6.45, 7) is 0.0411. The minimum atomic E-state index is -4.23. The topological polar surface area (TPSA) is 53.7 Å². The van der Waals surface area contributed by atoms with E-state index in [-0.39, 0.29) is 6.79 Å². The Kier molecular flexibility index (Phi) is 4.04. The maximum Gasteiger partial charge on any atom is 0.392 e. The van der Waals surface area contributed by atoms with Crippen molar-refractivity contribution in [2.24, 2.45) is 5.73 Å². The summed E-state index contributed by atoms with van der Waals surface area (Å²) in [7, 11) is 0. The van der Waals surface area contributed by atoms with Crippen molar-refractivity contribution in [2.45, 2.75) is 19.0 Å². The SMILES string of the molecule is NCCc1cc2c(cc1OCCC(F)(F)F)OCO2. The number of nitrogens with two attached hydrogens (primary N) is 1. The van der Waals surface area contributed by atoms with Crippen molar-refractivity contribution in [3.63, 3.8) is 0 Å². The van der Waals surface area contributed by atoms with Gasteiger partial charge in [0.05, 0.1) is 13.0 Å². The van der Waals surface area contributed by atoms with Crippen LogP contribution < -0.4 is 19.9 Å². The summed E-state index contributed by atoms with van der Waals surface area (Å²) < 4.78 is 51.8. The van der Waals surface area contributed by atoms with Gasteiger partial charge in [0.1, 0.15) is 5.75 Å². The van der Waals surface area contributed by atoms with Crippen LogP contribution in [0.5, 0.6) is 17.2 Å². The van der Waals surface area contributed by atoms with E-state index < -0.39 is 19.2 Å². The van der Waals surface area contributed by atoms with E-state index >= 15 is 0 Å². The molecule has 1 aliphatic rings. The van der Waals surface area contributed by atoms with Gasteiger partial charge in [-0.25, -0.2) is 0 Å². The molecule has 1 aromatic carbocycles. The van der Waals surface area contributed by atoms with Gasteiger partial charge in [-0.15, -0.1) is 0 Å². The summed E-state index contributed by atoms with van der Waals surface area (Å²) in [4.78, 5) is 0. The molecule has 0 fully saturated rings. The molecule has 2 N–H and O–H groups in total. The van der Waals surface area contributed by atoms with Gasteiger partial charge in [0.25, 0.3) is 0 Å². The van der Waals surface area contributed by atoms with Crippen LogP contribution in [0, 0.1) is 0 Å². The Morgan fingerprint density at radius 2 is 1.89 bits per heavy atom. The van der Waals surface area contributed by atoms with Crippen LogP contribution in [0.1, 0.15) is 12.0 Å². The van der Waals surface area contributed by atoms with Gasteiger partial charge in [0.15, 0.2) is 11.5 Å². The number of ether oxygens (including phenoxy) is 3. The highest BCUT2D eigenvalue weighted by atomic mass is 19.4. The van der Waals surface area contributed by atoms with Crippen LogP contribution >= 0.6 is 0 Å². The fraction of sp³-hybridized carbons (Fsp3) is 0.500. The average Bonchev–Trinajstić information content (AvgIpc) is 2.75. The Morgan fingerprint density at radius 1 is 1.21 bits per heavy atom. The third kappa shape index (κ3) is 3.66. The van der Waals surface area contributed by atoms with Crippen LogP contribution in [0.4, 0.5) is 13.2 Å². The van der Waals surface area contributed by atoms with Crippen molar-refractivity contribution in [1.29, 1.82) is 0 Å². The first-order valence-electron chi connectivity index (χ1n) is 5.82. The van der Waals surface area contributed by atoms with Gasteiger partial charge in [-0.1, -0.05) is 0 Å². The number of rotatable bonds is 5. The zero-order valence-corrected chi connectivity index (χ0v) is 10.1. The quantitative estimate of drug-likeness (QED) is 0.897. The van der Waals surface area contributed by atoms with E-state index in [9.17, 15) is 13.2 Å². The van der Waals surface area contributed by atoms with Gasteiger partial charge in [-0.05, 0) is 24.6 Å². The normalized spacial score (nSPS) is 13.7. The molecule has 19 heavy (non-hydrogen) atoms. The number of alkyl halides is 3. The van der Waals surface area contributed by atoms with Crippen LogP contribution in [0.2, 0.25) is 0 Å². The molecule has 7 heteroatoms. The molecule has 0 saturated carbocycles. The lowest BCUT2D eigenvalue weighted by molar-refractivity contribution is -0.139. The molecule has 4 nitrogen and oxygen atoms in total. The molecule has 0 aromatic heterocycles. The minimum Gasteiger partial charge on any atom is -0.493 e. The van der Waals surface area contributed by atoms with Crippen molar-refractivity contribution in [3.05, 3.63) is 17.7 Å². The van der Waals surface area contributed by atoms with Gasteiger partial charge in [-0.3, -0.25) is 0 Å². The molecule has 0 saturated heterocycles. The Bertz CT molecular complexity index is 449. The van der Waals surface area contributed by atoms with E-state index in [1.807, 2.05) is 0 Å². The summed E-state index contributed by atoms with van der Waals surface area (Å²) in [6.07, 6.45) is -4.73. The summed E-state index contributed by atoms with van der Waals surface area (Å²) in [6, 6.07) is 3.24. The molecule has 0 unspecified atom stereocenters. The van der Waals surface area contributed by atoms with E-state index in [1.165, 1.54) is 0 Å². The van der Waals surface area contributed by atoms with Crippen molar-refractivity contribution >= 4 is 0 Å². The second kappa shape index (κ2) is 5.56. The van der Waals surface area contributed by atoms with E-state index in [0.717, 1.165) is 0 Å². The Balaban J connectivity index is 2.09. The van der Waals surface area contributed by atoms with Crippen LogP contribution in [0.25, 0.3) is 0 Å². The second-order valence-electron chi connectivity index (χ2n) is 4.07. The molecule has 0 spiro atoms. The number of benzene rings is 1. The van der Waals surface area contributed by atoms with Crippen LogP contribution in [0.3, 0.4) is 0 Å². The molecule has 0 amide bonds. The van der Waals surface area contributed by atoms with Crippen molar-refractivity contribution < 1.29 is 27.4 Å². The van der Waals surface area contributed by atoms with Gasteiger partial charge in [-0.2, -0.15) is 13.2 Å². The molecule has 1 heterocycles. The predicted octanol–water partition coefficient (Wildman–Crippen LogP) is 2.25. The van der Waals surface area contributed by atoms with E-state index in [0.29, 0.717) is 35.8 Å². The Hall–Kier alpha value is -1.63. The Labute approximate surface area is 108 Å². The zero-order chi connectivity index (χ0) is 13.9. The summed E-state index contributed by atoms with van der Waals surface area (Å²) in [5.41, 5.74) is 6.18. The molecule has 0 bridgehead atoms. The maximum atomic E-state index is 12.1. The molecular formula is C12H14F3NO3. The highest BCUT2D eigenvalue weighted by Crippen LogP contribution is 2.38. The first-order chi connectivity index (χ1) is 8.99. The third-order valence-electron chi connectivity index (χ3n) is 2.61. The van der Waals surface area contributed by atoms with Gasteiger partial charge >= 0.3 is 6.18 Å². The number of hydrogen-bond acceptors (Lipinski definition) is 4. The predicted molar refractivity (Wildman–Crippen MR) is 61.5 cm³/mol. The Morgan fingerprint density at radius 3 is 2.53 bits per heavy atom. The van der Waals surface area contributed by atoms with Crippen molar-refractivity contribution in [2.75, 3.05) is 19.9 Å². The fourth-order valence-electron chi connectivity index (χ4n) is 1.73. The first kappa shape index (κ1) is 13.8. The molecule has 0 atom stereocenters. The third-order valence-corrected chi connectivity index (χ3v) is 2.61. The van der Waals surface area contributed by atoms with Gasteiger partial charge < -0.3 is 19.9 Å². The highest BCUT2D eigenvalue weighted by molar-refractivity contribution is 5.52. The summed E-state index contributed by atoms with van der Waals surface area (Å²) in [5.74, 6) is 1.40. The molecular weight excluding hydrogens is 263 g/mol.